The van der Waals surface area contributed by atoms with Gasteiger partial charge in [0.15, 0.2) is 0 Å². The summed E-state index contributed by atoms with van der Waals surface area (Å²) in [5.74, 6) is -0.145. The number of pyridine rings is 1. The molecule has 96 valence electrons. The van der Waals surface area contributed by atoms with Gasteiger partial charge >= 0.3 is 0 Å². The Bertz CT molecular complexity index is 640. The molecular weight excluding hydrogens is 262 g/mol. The van der Waals surface area contributed by atoms with Crippen molar-refractivity contribution in [3.05, 3.63) is 52.8 Å². The molecule has 5 heteroatoms. The van der Waals surface area contributed by atoms with E-state index in [0.29, 0.717) is 22.9 Å². The molecule has 0 saturated heterocycles. The molecule has 2 N–H and O–H groups in total. The first-order valence-corrected chi connectivity index (χ1v) is 6.35. The van der Waals surface area contributed by atoms with Crippen LogP contribution in [0.4, 0.5) is 11.4 Å². The van der Waals surface area contributed by atoms with Gasteiger partial charge in [0, 0.05) is 12.7 Å². The molecule has 19 heavy (non-hydrogen) atoms. The number of rotatable bonds is 1. The van der Waals surface area contributed by atoms with Crippen molar-refractivity contribution in [3.8, 4) is 0 Å². The second kappa shape index (κ2) is 4.55. The van der Waals surface area contributed by atoms with E-state index in [1.54, 1.807) is 23.1 Å². The molecule has 1 aromatic carbocycles. The molecule has 0 radical (unpaired) electrons. The maximum absolute atomic E-state index is 12.4. The molecule has 0 saturated carbocycles. The SMILES string of the molecule is Nc1cccc2c1N(C(=O)c1ccc(Cl)cn1)CC2. The van der Waals surface area contributed by atoms with Gasteiger partial charge in [0.05, 0.1) is 16.4 Å². The summed E-state index contributed by atoms with van der Waals surface area (Å²) in [6.45, 7) is 0.632. The lowest BCUT2D eigenvalue weighted by atomic mass is 10.1. The summed E-state index contributed by atoms with van der Waals surface area (Å²) in [6, 6.07) is 8.99. The smallest absolute Gasteiger partial charge is 0.276 e. The minimum absolute atomic E-state index is 0.145. The Kier molecular flexibility index (Phi) is 2.87. The highest BCUT2D eigenvalue weighted by molar-refractivity contribution is 6.30. The highest BCUT2D eigenvalue weighted by Crippen LogP contribution is 2.34. The Morgan fingerprint density at radius 2 is 2.16 bits per heavy atom. The number of hydrogen-bond donors (Lipinski definition) is 1. The van der Waals surface area contributed by atoms with Crippen LogP contribution < -0.4 is 10.6 Å². The van der Waals surface area contributed by atoms with Gasteiger partial charge < -0.3 is 10.6 Å². The molecule has 0 atom stereocenters. The van der Waals surface area contributed by atoms with Gasteiger partial charge in [0.2, 0.25) is 0 Å². The van der Waals surface area contributed by atoms with E-state index in [4.69, 9.17) is 17.3 Å². The maximum atomic E-state index is 12.4. The molecule has 1 aromatic heterocycles. The Morgan fingerprint density at radius 3 is 2.89 bits per heavy atom. The number of anilines is 2. The highest BCUT2D eigenvalue weighted by atomic mass is 35.5. The first-order chi connectivity index (χ1) is 9.16. The average Bonchev–Trinajstić information content (AvgIpc) is 2.84. The van der Waals surface area contributed by atoms with Crippen molar-refractivity contribution in [1.29, 1.82) is 0 Å². The number of hydrogen-bond acceptors (Lipinski definition) is 3. The summed E-state index contributed by atoms with van der Waals surface area (Å²) < 4.78 is 0. The van der Waals surface area contributed by atoms with Crippen LogP contribution in [-0.4, -0.2) is 17.4 Å². The molecule has 0 aliphatic carbocycles. The molecule has 2 heterocycles. The minimum Gasteiger partial charge on any atom is -0.397 e. The standard InChI is InChI=1S/C14H12ClN3O/c15-10-4-5-12(17-8-10)14(19)18-7-6-9-2-1-3-11(16)13(9)18/h1-5,8H,6-7,16H2. The fourth-order valence-electron chi connectivity index (χ4n) is 2.33. The van der Waals surface area contributed by atoms with E-state index in [1.807, 2.05) is 12.1 Å². The third-order valence-corrected chi connectivity index (χ3v) is 3.44. The van der Waals surface area contributed by atoms with Gasteiger partial charge in [-0.05, 0) is 30.2 Å². The van der Waals surface area contributed by atoms with Crippen molar-refractivity contribution < 1.29 is 4.79 Å². The zero-order valence-electron chi connectivity index (χ0n) is 10.1. The fourth-order valence-corrected chi connectivity index (χ4v) is 2.44. The Balaban J connectivity index is 1.98. The topological polar surface area (TPSA) is 59.2 Å². The van der Waals surface area contributed by atoms with Gasteiger partial charge in [0.1, 0.15) is 5.69 Å². The summed E-state index contributed by atoms with van der Waals surface area (Å²) >= 11 is 5.77. The first-order valence-electron chi connectivity index (χ1n) is 5.97. The average molecular weight is 274 g/mol. The van der Waals surface area contributed by atoms with Gasteiger partial charge in [-0.1, -0.05) is 23.7 Å². The predicted molar refractivity (Wildman–Crippen MR) is 75.5 cm³/mol. The number of carbonyl (C=O) groups is 1. The van der Waals surface area contributed by atoms with Crippen molar-refractivity contribution in [2.75, 3.05) is 17.2 Å². The second-order valence-corrected chi connectivity index (χ2v) is 4.86. The van der Waals surface area contributed by atoms with E-state index >= 15 is 0 Å². The number of carbonyl (C=O) groups excluding carboxylic acids is 1. The van der Waals surface area contributed by atoms with E-state index in [9.17, 15) is 4.79 Å². The number of para-hydroxylation sites is 1. The van der Waals surface area contributed by atoms with Gasteiger partial charge in [-0.15, -0.1) is 0 Å². The van der Waals surface area contributed by atoms with Crippen LogP contribution in [0.15, 0.2) is 36.5 Å². The molecule has 1 aliphatic rings. The van der Waals surface area contributed by atoms with Gasteiger partial charge in [-0.25, -0.2) is 4.98 Å². The molecular formula is C14H12ClN3O. The molecule has 3 rings (SSSR count). The van der Waals surface area contributed by atoms with Crippen molar-refractivity contribution in [3.63, 3.8) is 0 Å². The van der Waals surface area contributed by atoms with Gasteiger partial charge in [-0.3, -0.25) is 4.79 Å². The highest BCUT2D eigenvalue weighted by Gasteiger charge is 2.27. The summed E-state index contributed by atoms with van der Waals surface area (Å²) in [5.41, 5.74) is 8.87. The largest absolute Gasteiger partial charge is 0.397 e. The lowest BCUT2D eigenvalue weighted by molar-refractivity contribution is 0.0984. The number of benzene rings is 1. The number of nitrogens with zero attached hydrogens (tertiary/aromatic N) is 2. The fraction of sp³-hybridized carbons (Fsp3) is 0.143. The Hall–Kier alpha value is -2.07. The van der Waals surface area contributed by atoms with Crippen molar-refractivity contribution in [2.45, 2.75) is 6.42 Å². The number of aromatic nitrogens is 1. The number of nitrogen functional groups attached to an aromatic ring is 1. The maximum Gasteiger partial charge on any atom is 0.276 e. The van der Waals surface area contributed by atoms with Gasteiger partial charge in [0.25, 0.3) is 5.91 Å². The lowest BCUT2D eigenvalue weighted by Gasteiger charge is -2.18. The first kappa shape index (κ1) is 12.0. The predicted octanol–water partition coefficient (Wildman–Crippen LogP) is 2.52. The summed E-state index contributed by atoms with van der Waals surface area (Å²) in [5, 5.41) is 0.512. The van der Waals surface area contributed by atoms with E-state index in [2.05, 4.69) is 4.98 Å². The van der Waals surface area contributed by atoms with E-state index in [0.717, 1.165) is 17.7 Å². The van der Waals surface area contributed by atoms with Crippen LogP contribution in [0, 0.1) is 0 Å². The van der Waals surface area contributed by atoms with Crippen LogP contribution in [-0.2, 0) is 6.42 Å². The molecule has 0 unspecified atom stereocenters. The van der Waals surface area contributed by atoms with Crippen LogP contribution in [0.3, 0.4) is 0 Å². The summed E-state index contributed by atoms with van der Waals surface area (Å²) in [4.78, 5) is 18.2. The van der Waals surface area contributed by atoms with E-state index in [1.165, 1.54) is 6.20 Å². The van der Waals surface area contributed by atoms with Crippen molar-refractivity contribution in [1.82, 2.24) is 4.98 Å². The second-order valence-electron chi connectivity index (χ2n) is 4.42. The van der Waals surface area contributed by atoms with Gasteiger partial charge in [-0.2, -0.15) is 0 Å². The van der Waals surface area contributed by atoms with Crippen LogP contribution in [0.5, 0.6) is 0 Å². The number of fused-ring (bicyclic) bond motifs is 1. The van der Waals surface area contributed by atoms with E-state index in [-0.39, 0.29) is 5.91 Å². The Morgan fingerprint density at radius 1 is 1.32 bits per heavy atom. The van der Waals surface area contributed by atoms with Crippen LogP contribution >= 0.6 is 11.6 Å². The Labute approximate surface area is 115 Å². The number of halogens is 1. The molecule has 0 fully saturated rings. The monoisotopic (exact) mass is 273 g/mol. The van der Waals surface area contributed by atoms with Crippen LogP contribution in [0.2, 0.25) is 5.02 Å². The molecule has 4 nitrogen and oxygen atoms in total. The van der Waals surface area contributed by atoms with E-state index < -0.39 is 0 Å². The molecule has 2 aromatic rings. The number of nitrogens with two attached hydrogens (primary N) is 1. The molecule has 0 spiro atoms. The zero-order valence-corrected chi connectivity index (χ0v) is 10.9. The molecule has 0 bridgehead atoms. The number of amides is 1. The normalized spacial score (nSPS) is 13.4. The quantitative estimate of drug-likeness (QED) is 0.812. The van der Waals surface area contributed by atoms with Crippen molar-refractivity contribution >= 4 is 28.9 Å². The molecule has 1 amide bonds. The molecule has 1 aliphatic heterocycles. The van der Waals surface area contributed by atoms with Crippen LogP contribution in [0.25, 0.3) is 0 Å². The van der Waals surface area contributed by atoms with Crippen molar-refractivity contribution in [2.24, 2.45) is 0 Å². The third-order valence-electron chi connectivity index (χ3n) is 3.22. The third kappa shape index (κ3) is 2.04. The minimum atomic E-state index is -0.145. The van der Waals surface area contributed by atoms with Crippen LogP contribution in [0.1, 0.15) is 16.1 Å². The lowest BCUT2D eigenvalue weighted by Crippen LogP contribution is -2.30. The summed E-state index contributed by atoms with van der Waals surface area (Å²) in [6.07, 6.45) is 2.29. The summed E-state index contributed by atoms with van der Waals surface area (Å²) in [7, 11) is 0. The zero-order chi connectivity index (χ0) is 13.4.